The largest absolute Gasteiger partial charge is 0.381 e. The van der Waals surface area contributed by atoms with Gasteiger partial charge in [0.05, 0.1) is 5.60 Å². The van der Waals surface area contributed by atoms with Crippen molar-refractivity contribution in [1.82, 2.24) is 5.32 Å². The van der Waals surface area contributed by atoms with Gasteiger partial charge in [0.1, 0.15) is 0 Å². The van der Waals surface area contributed by atoms with Crippen LogP contribution in [-0.2, 0) is 9.47 Å². The Hall–Kier alpha value is -0.120. The summed E-state index contributed by atoms with van der Waals surface area (Å²) in [6.07, 6.45) is 7.50. The molecule has 0 aromatic heterocycles. The van der Waals surface area contributed by atoms with Gasteiger partial charge in [-0.2, -0.15) is 0 Å². The Morgan fingerprint density at radius 3 is 2.28 bits per heavy atom. The maximum atomic E-state index is 5.97. The molecule has 3 heteroatoms. The van der Waals surface area contributed by atoms with Crippen molar-refractivity contribution in [2.45, 2.75) is 57.1 Å². The molecule has 1 unspecified atom stereocenters. The highest BCUT2D eigenvalue weighted by Crippen LogP contribution is 2.38. The molecule has 2 aliphatic rings. The molecule has 1 aliphatic heterocycles. The second-order valence-electron chi connectivity index (χ2n) is 6.17. The van der Waals surface area contributed by atoms with Crippen molar-refractivity contribution in [3.8, 4) is 0 Å². The highest BCUT2D eigenvalue weighted by molar-refractivity contribution is 4.98. The second kappa shape index (κ2) is 6.36. The van der Waals surface area contributed by atoms with Gasteiger partial charge < -0.3 is 14.8 Å². The molecule has 0 aromatic rings. The summed E-state index contributed by atoms with van der Waals surface area (Å²) in [7, 11) is 3.97. The molecule has 1 atom stereocenters. The van der Waals surface area contributed by atoms with Crippen LogP contribution in [0.25, 0.3) is 0 Å². The first kappa shape index (κ1) is 14.3. The lowest BCUT2D eigenvalue weighted by Gasteiger charge is -2.47. The second-order valence-corrected chi connectivity index (χ2v) is 6.17. The van der Waals surface area contributed by atoms with Gasteiger partial charge in [-0.1, -0.05) is 19.8 Å². The van der Waals surface area contributed by atoms with Crippen molar-refractivity contribution in [2.24, 2.45) is 11.8 Å². The van der Waals surface area contributed by atoms with Gasteiger partial charge in [0, 0.05) is 39.2 Å². The lowest BCUT2D eigenvalue weighted by molar-refractivity contribution is -0.122. The van der Waals surface area contributed by atoms with E-state index in [1.165, 1.54) is 25.7 Å². The Bertz CT molecular complexity index is 243. The minimum atomic E-state index is -0.00174. The van der Waals surface area contributed by atoms with Crippen LogP contribution < -0.4 is 5.32 Å². The minimum Gasteiger partial charge on any atom is -0.381 e. The lowest BCUT2D eigenvalue weighted by Crippen LogP contribution is -2.57. The molecule has 0 amide bonds. The van der Waals surface area contributed by atoms with Crippen molar-refractivity contribution in [1.29, 1.82) is 0 Å². The van der Waals surface area contributed by atoms with E-state index in [0.29, 0.717) is 6.04 Å². The van der Waals surface area contributed by atoms with E-state index in [-0.39, 0.29) is 5.60 Å². The fraction of sp³-hybridized carbons (Fsp3) is 1.00. The molecule has 0 bridgehead atoms. The summed E-state index contributed by atoms with van der Waals surface area (Å²) < 4.78 is 11.5. The molecule has 2 fully saturated rings. The maximum Gasteiger partial charge on any atom is 0.0877 e. The van der Waals surface area contributed by atoms with Crippen molar-refractivity contribution in [3.63, 3.8) is 0 Å². The SMILES string of the molecule is CNC(C1CCC(C)CC1)C1(OC)CCOCC1. The lowest BCUT2D eigenvalue weighted by atomic mass is 9.71. The number of nitrogens with one attached hydrogen (secondary N) is 1. The Balaban J connectivity index is 2.05. The third kappa shape index (κ3) is 2.89. The topological polar surface area (TPSA) is 30.5 Å². The summed E-state index contributed by atoms with van der Waals surface area (Å²) in [6, 6.07) is 0.485. The van der Waals surface area contributed by atoms with E-state index in [1.54, 1.807) is 0 Å². The summed E-state index contributed by atoms with van der Waals surface area (Å²) in [5, 5.41) is 3.57. The van der Waals surface area contributed by atoms with E-state index in [9.17, 15) is 0 Å². The standard InChI is InChI=1S/C15H29NO2/c1-12-4-6-13(7-5-12)14(16-2)15(17-3)8-10-18-11-9-15/h12-14,16H,4-11H2,1-3H3. The fourth-order valence-corrected chi connectivity index (χ4v) is 3.91. The van der Waals surface area contributed by atoms with E-state index >= 15 is 0 Å². The number of hydrogen-bond acceptors (Lipinski definition) is 3. The minimum absolute atomic E-state index is 0.00174. The van der Waals surface area contributed by atoms with Crippen LogP contribution in [0.2, 0.25) is 0 Å². The monoisotopic (exact) mass is 255 g/mol. The van der Waals surface area contributed by atoms with Gasteiger partial charge in [-0.25, -0.2) is 0 Å². The zero-order valence-electron chi connectivity index (χ0n) is 12.2. The number of rotatable bonds is 4. The number of likely N-dealkylation sites (N-methyl/N-ethyl adjacent to an activating group) is 1. The molecule has 0 radical (unpaired) electrons. The first-order valence-corrected chi connectivity index (χ1v) is 7.52. The molecule has 0 spiro atoms. The van der Waals surface area contributed by atoms with Gasteiger partial charge in [-0.05, 0) is 31.7 Å². The fourth-order valence-electron chi connectivity index (χ4n) is 3.91. The van der Waals surface area contributed by atoms with Gasteiger partial charge in [0.15, 0.2) is 0 Å². The van der Waals surface area contributed by atoms with Crippen molar-refractivity contribution in [2.75, 3.05) is 27.4 Å². The number of methoxy groups -OCH3 is 1. The van der Waals surface area contributed by atoms with Gasteiger partial charge in [-0.3, -0.25) is 0 Å². The number of ether oxygens (including phenoxy) is 2. The molecule has 1 saturated carbocycles. The average Bonchev–Trinajstić information content (AvgIpc) is 2.43. The van der Waals surface area contributed by atoms with E-state index in [1.807, 2.05) is 7.11 Å². The van der Waals surface area contributed by atoms with Gasteiger partial charge in [-0.15, -0.1) is 0 Å². The van der Waals surface area contributed by atoms with E-state index in [4.69, 9.17) is 9.47 Å². The molecule has 1 heterocycles. The maximum absolute atomic E-state index is 5.97. The Kier molecular flexibility index (Phi) is 5.05. The zero-order valence-corrected chi connectivity index (χ0v) is 12.2. The third-order valence-electron chi connectivity index (χ3n) is 5.16. The van der Waals surface area contributed by atoms with E-state index < -0.39 is 0 Å². The summed E-state index contributed by atoms with van der Waals surface area (Å²) in [6.45, 7) is 4.06. The van der Waals surface area contributed by atoms with Gasteiger partial charge in [0.25, 0.3) is 0 Å². The van der Waals surface area contributed by atoms with Crippen molar-refractivity contribution >= 4 is 0 Å². The van der Waals surface area contributed by atoms with Gasteiger partial charge in [0.2, 0.25) is 0 Å². The molecule has 1 saturated heterocycles. The molecule has 0 aromatic carbocycles. The summed E-state index contributed by atoms with van der Waals surface area (Å²) in [5.41, 5.74) is -0.00174. The van der Waals surface area contributed by atoms with Crippen LogP contribution in [0.5, 0.6) is 0 Å². The van der Waals surface area contributed by atoms with Crippen LogP contribution in [0.1, 0.15) is 45.4 Å². The average molecular weight is 255 g/mol. The predicted octanol–water partition coefficient (Wildman–Crippen LogP) is 2.60. The molecule has 106 valence electrons. The van der Waals surface area contributed by atoms with Gasteiger partial charge >= 0.3 is 0 Å². The van der Waals surface area contributed by atoms with Crippen LogP contribution in [-0.4, -0.2) is 39.0 Å². The van der Waals surface area contributed by atoms with Crippen LogP contribution in [0.3, 0.4) is 0 Å². The first-order chi connectivity index (χ1) is 8.72. The Labute approximate surface area is 112 Å². The quantitative estimate of drug-likeness (QED) is 0.837. The van der Waals surface area contributed by atoms with Crippen molar-refractivity contribution < 1.29 is 9.47 Å². The highest BCUT2D eigenvalue weighted by Gasteiger charge is 2.44. The van der Waals surface area contributed by atoms with Crippen LogP contribution in [0, 0.1) is 11.8 Å². The highest BCUT2D eigenvalue weighted by atomic mass is 16.5. The normalized spacial score (nSPS) is 34.2. The molecule has 1 aliphatic carbocycles. The smallest absolute Gasteiger partial charge is 0.0877 e. The van der Waals surface area contributed by atoms with Crippen molar-refractivity contribution in [3.05, 3.63) is 0 Å². The third-order valence-corrected chi connectivity index (χ3v) is 5.16. The molecule has 1 N–H and O–H groups in total. The summed E-state index contributed by atoms with van der Waals surface area (Å²) in [5.74, 6) is 1.68. The zero-order chi connectivity index (χ0) is 13.0. The molecule has 3 nitrogen and oxygen atoms in total. The van der Waals surface area contributed by atoms with E-state index in [2.05, 4.69) is 19.3 Å². The molecule has 18 heavy (non-hydrogen) atoms. The summed E-state index contributed by atoms with van der Waals surface area (Å²) >= 11 is 0. The Morgan fingerprint density at radius 1 is 1.17 bits per heavy atom. The molecular weight excluding hydrogens is 226 g/mol. The van der Waals surface area contributed by atoms with Crippen LogP contribution in [0.15, 0.2) is 0 Å². The van der Waals surface area contributed by atoms with Crippen LogP contribution >= 0.6 is 0 Å². The first-order valence-electron chi connectivity index (χ1n) is 7.52. The Morgan fingerprint density at radius 2 is 1.78 bits per heavy atom. The number of hydrogen-bond donors (Lipinski definition) is 1. The molecular formula is C15H29NO2. The molecule has 2 rings (SSSR count). The summed E-state index contributed by atoms with van der Waals surface area (Å²) in [4.78, 5) is 0. The predicted molar refractivity (Wildman–Crippen MR) is 73.8 cm³/mol. The van der Waals surface area contributed by atoms with Crippen LogP contribution in [0.4, 0.5) is 0 Å². The van der Waals surface area contributed by atoms with E-state index in [0.717, 1.165) is 37.9 Å².